The largest absolute Gasteiger partial charge is 0.408 e. The maximum atomic E-state index is 6.04. The first-order valence-electron chi connectivity index (χ1n) is 11.1. The molecule has 0 N–H and O–H groups in total. The van der Waals surface area contributed by atoms with Crippen LogP contribution < -0.4 is 9.47 Å². The average Bonchev–Trinajstić information content (AvgIpc) is 3.16. The van der Waals surface area contributed by atoms with Crippen molar-refractivity contribution < 1.29 is 9.30 Å². The van der Waals surface area contributed by atoms with Crippen LogP contribution in [0, 0.1) is 12.8 Å². The molecular formula is C26H35N4OS+. The zero-order valence-corrected chi connectivity index (χ0v) is 20.9. The van der Waals surface area contributed by atoms with Crippen LogP contribution in [0.25, 0.3) is 0 Å². The predicted molar refractivity (Wildman–Crippen MR) is 133 cm³/mol. The minimum atomic E-state index is -0.124. The third kappa shape index (κ3) is 7.24. The van der Waals surface area contributed by atoms with E-state index >= 15 is 0 Å². The van der Waals surface area contributed by atoms with Crippen LogP contribution in [0.1, 0.15) is 38.8 Å². The molecule has 3 rings (SSSR count). The quantitative estimate of drug-likeness (QED) is 0.266. The fraction of sp³-hybridized carbons (Fsp3) is 0.423. The molecule has 0 amide bonds. The van der Waals surface area contributed by atoms with Crippen LogP contribution in [0.3, 0.4) is 0 Å². The molecule has 1 unspecified atom stereocenters. The monoisotopic (exact) mass is 451 g/mol. The van der Waals surface area contributed by atoms with Gasteiger partial charge >= 0.3 is 5.13 Å². The Kier molecular flexibility index (Phi) is 8.15. The third-order valence-electron chi connectivity index (χ3n) is 5.10. The second-order valence-electron chi connectivity index (χ2n) is 9.36. The maximum Gasteiger partial charge on any atom is 0.408 e. The number of rotatable bonds is 9. The zero-order valence-electron chi connectivity index (χ0n) is 20.1. The van der Waals surface area contributed by atoms with Crippen LogP contribution in [-0.2, 0) is 18.3 Å². The lowest BCUT2D eigenvalue weighted by molar-refractivity contribution is -0.654. The molecule has 0 saturated heterocycles. The van der Waals surface area contributed by atoms with Gasteiger partial charge in [0, 0.05) is 24.2 Å². The Hall–Kier alpha value is -2.57. The summed E-state index contributed by atoms with van der Waals surface area (Å²) in [6, 6.07) is 17.0. The van der Waals surface area contributed by atoms with E-state index in [1.54, 1.807) is 11.3 Å². The van der Waals surface area contributed by atoms with Gasteiger partial charge in [-0.1, -0.05) is 37.3 Å². The zero-order chi connectivity index (χ0) is 23.1. The van der Waals surface area contributed by atoms with E-state index in [0.29, 0.717) is 5.92 Å². The Morgan fingerprint density at radius 1 is 1.09 bits per heavy atom. The average molecular weight is 452 g/mol. The highest BCUT2D eigenvalue weighted by Gasteiger charge is 2.17. The van der Waals surface area contributed by atoms with Crippen molar-refractivity contribution in [2.24, 2.45) is 23.2 Å². The molecule has 32 heavy (non-hydrogen) atoms. The van der Waals surface area contributed by atoms with Crippen LogP contribution in [0.2, 0.25) is 0 Å². The summed E-state index contributed by atoms with van der Waals surface area (Å²) in [5, 5.41) is 11.8. The first kappa shape index (κ1) is 24.1. The van der Waals surface area contributed by atoms with Crippen LogP contribution in [0.4, 0.5) is 16.5 Å². The standard InChI is InChI=1S/C26H35N4OS/c1-20(19-31-26(3,4)5)17-30(18-22-10-8-7-9-11-22)23-12-13-24(21(2)16-23)27-28-25-29(6)14-15-32-25/h7-16,20H,17-19H2,1-6H3/q+1. The van der Waals surface area contributed by atoms with Crippen molar-refractivity contribution in [3.8, 4) is 0 Å². The second kappa shape index (κ2) is 10.8. The lowest BCUT2D eigenvalue weighted by atomic mass is 10.1. The number of azo groups is 1. The number of hydrogen-bond acceptors (Lipinski definition) is 5. The van der Waals surface area contributed by atoms with Gasteiger partial charge in [0.2, 0.25) is 0 Å². The highest BCUT2D eigenvalue weighted by Crippen LogP contribution is 2.28. The molecule has 0 aliphatic carbocycles. The number of ether oxygens (including phenoxy) is 1. The molecule has 6 heteroatoms. The van der Waals surface area contributed by atoms with Gasteiger partial charge in [-0.05, 0) is 79.4 Å². The fourth-order valence-corrected chi connectivity index (χ4v) is 4.04. The molecular weight excluding hydrogens is 416 g/mol. The Morgan fingerprint density at radius 3 is 2.47 bits per heavy atom. The summed E-state index contributed by atoms with van der Waals surface area (Å²) < 4.78 is 8.02. The first-order valence-corrected chi connectivity index (χ1v) is 12.0. The smallest absolute Gasteiger partial charge is 0.376 e. The second-order valence-corrected chi connectivity index (χ2v) is 10.2. The highest BCUT2D eigenvalue weighted by atomic mass is 32.1. The number of anilines is 1. The SMILES string of the molecule is Cc1cc(N(Cc2ccccc2)CC(C)COC(C)(C)C)ccc1N=Nc1scc[n+]1C. The Morgan fingerprint density at radius 2 is 1.84 bits per heavy atom. The van der Waals surface area contributed by atoms with Crippen molar-refractivity contribution in [1.82, 2.24) is 0 Å². The molecule has 5 nitrogen and oxygen atoms in total. The minimum absolute atomic E-state index is 0.124. The highest BCUT2D eigenvalue weighted by molar-refractivity contribution is 7.12. The molecule has 0 radical (unpaired) electrons. The van der Waals surface area contributed by atoms with E-state index in [0.717, 1.165) is 36.1 Å². The van der Waals surface area contributed by atoms with E-state index in [1.807, 2.05) is 23.2 Å². The van der Waals surface area contributed by atoms with Crippen LogP contribution in [0.5, 0.6) is 0 Å². The van der Waals surface area contributed by atoms with E-state index in [1.165, 1.54) is 11.3 Å². The van der Waals surface area contributed by atoms with E-state index in [-0.39, 0.29) is 5.60 Å². The van der Waals surface area contributed by atoms with Gasteiger partial charge in [-0.2, -0.15) is 0 Å². The lowest BCUT2D eigenvalue weighted by Gasteiger charge is -2.30. The summed E-state index contributed by atoms with van der Waals surface area (Å²) >= 11 is 1.58. The van der Waals surface area contributed by atoms with E-state index in [9.17, 15) is 0 Å². The molecule has 0 aliphatic heterocycles. The van der Waals surface area contributed by atoms with E-state index in [2.05, 4.69) is 98.3 Å². The van der Waals surface area contributed by atoms with E-state index in [4.69, 9.17) is 4.74 Å². The molecule has 0 saturated carbocycles. The van der Waals surface area contributed by atoms with E-state index < -0.39 is 0 Å². The summed E-state index contributed by atoms with van der Waals surface area (Å²) in [4.78, 5) is 2.43. The van der Waals surface area contributed by atoms with Gasteiger partial charge in [0.15, 0.2) is 0 Å². The fourth-order valence-electron chi connectivity index (χ4n) is 3.35. The number of aromatic nitrogens is 1. The van der Waals surface area contributed by atoms with Gasteiger partial charge in [0.25, 0.3) is 0 Å². The summed E-state index contributed by atoms with van der Waals surface area (Å²) in [6.45, 7) is 13.2. The topological polar surface area (TPSA) is 41.1 Å². The van der Waals surface area contributed by atoms with Gasteiger partial charge < -0.3 is 9.64 Å². The lowest BCUT2D eigenvalue weighted by Crippen LogP contribution is -2.32. The number of aryl methyl sites for hydroxylation is 2. The summed E-state index contributed by atoms with van der Waals surface area (Å²) in [5.74, 6) is 0.399. The molecule has 0 spiro atoms. The Bertz CT molecular complexity index is 1020. The number of benzene rings is 2. The van der Waals surface area contributed by atoms with Crippen molar-refractivity contribution in [2.45, 2.75) is 46.8 Å². The third-order valence-corrected chi connectivity index (χ3v) is 5.94. The molecule has 1 atom stereocenters. The predicted octanol–water partition coefficient (Wildman–Crippen LogP) is 6.75. The molecule has 0 fully saturated rings. The van der Waals surface area contributed by atoms with Crippen molar-refractivity contribution >= 4 is 27.8 Å². The summed E-state index contributed by atoms with van der Waals surface area (Å²) in [5.41, 5.74) is 4.37. The normalized spacial score (nSPS) is 12.9. The molecule has 1 aromatic heterocycles. The Labute approximate surface area is 196 Å². The van der Waals surface area contributed by atoms with Crippen molar-refractivity contribution in [2.75, 3.05) is 18.1 Å². The van der Waals surface area contributed by atoms with Gasteiger partial charge in [0.1, 0.15) is 11.9 Å². The summed E-state index contributed by atoms with van der Waals surface area (Å²) in [7, 11) is 1.98. The minimum Gasteiger partial charge on any atom is -0.376 e. The van der Waals surface area contributed by atoms with Crippen molar-refractivity contribution in [3.63, 3.8) is 0 Å². The summed E-state index contributed by atoms with van der Waals surface area (Å²) in [6.07, 6.45) is 1.99. The number of thiazole rings is 1. The van der Waals surface area contributed by atoms with Crippen molar-refractivity contribution in [3.05, 3.63) is 71.2 Å². The van der Waals surface area contributed by atoms with Gasteiger partial charge in [0.05, 0.1) is 24.4 Å². The molecule has 0 bridgehead atoms. The van der Waals surface area contributed by atoms with Gasteiger partial charge in [-0.15, -0.1) is 0 Å². The van der Waals surface area contributed by atoms with Gasteiger partial charge in [-0.3, -0.25) is 0 Å². The Balaban J connectivity index is 1.79. The first-order chi connectivity index (χ1) is 15.2. The molecule has 0 aliphatic rings. The number of nitrogens with zero attached hydrogens (tertiary/aromatic N) is 4. The van der Waals surface area contributed by atoms with Crippen molar-refractivity contribution in [1.29, 1.82) is 0 Å². The van der Waals surface area contributed by atoms with Crippen LogP contribution >= 0.6 is 11.3 Å². The molecule has 3 aromatic rings. The van der Waals surface area contributed by atoms with Crippen LogP contribution in [0.15, 0.2) is 70.3 Å². The van der Waals surface area contributed by atoms with Crippen LogP contribution in [-0.4, -0.2) is 18.8 Å². The number of hydrogen-bond donors (Lipinski definition) is 0. The maximum absolute atomic E-state index is 6.04. The molecule has 2 aromatic carbocycles. The molecule has 1 heterocycles. The van der Waals surface area contributed by atoms with Gasteiger partial charge in [-0.25, -0.2) is 4.57 Å². The molecule has 170 valence electrons.